The molecule has 58 valence electrons. The van der Waals surface area contributed by atoms with Crippen LogP contribution in [0.1, 0.15) is 12.8 Å². The number of carbonyl (C=O) groups excluding carboxylic acids is 2. The summed E-state index contributed by atoms with van der Waals surface area (Å²) in [6, 6.07) is 0. The minimum Gasteiger partial charge on any atom is -0.296 e. The Morgan fingerprint density at radius 1 is 1.09 bits per heavy atom. The van der Waals surface area contributed by atoms with Crippen molar-refractivity contribution in [1.29, 1.82) is 0 Å². The molecule has 2 atom stereocenters. The standard InChI is InChI=1S/C8H9NO2/c10-7-5-3-1-2-4-6(5)8(11)9-7/h1-2,5-6H,3-4H2,(H,9,10,11)/t5-,6?/m0/s1. The topological polar surface area (TPSA) is 46.2 Å². The molecule has 0 aromatic carbocycles. The van der Waals surface area contributed by atoms with Crippen molar-refractivity contribution in [3.05, 3.63) is 12.2 Å². The summed E-state index contributed by atoms with van der Waals surface area (Å²) in [6.07, 6.45) is 5.39. The molecule has 3 heteroatoms. The van der Waals surface area contributed by atoms with E-state index in [4.69, 9.17) is 0 Å². The highest BCUT2D eigenvalue weighted by atomic mass is 16.2. The van der Waals surface area contributed by atoms with Crippen LogP contribution in [0.4, 0.5) is 0 Å². The van der Waals surface area contributed by atoms with Crippen molar-refractivity contribution < 1.29 is 9.59 Å². The molecule has 0 radical (unpaired) electrons. The minimum atomic E-state index is -0.0932. The Hall–Kier alpha value is -1.12. The summed E-state index contributed by atoms with van der Waals surface area (Å²) in [4.78, 5) is 22.1. The van der Waals surface area contributed by atoms with E-state index in [1.165, 1.54) is 0 Å². The predicted octanol–water partition coefficient (Wildman–Crippen LogP) is 0.225. The molecule has 0 bridgehead atoms. The largest absolute Gasteiger partial charge is 0.296 e. The van der Waals surface area contributed by atoms with Gasteiger partial charge < -0.3 is 0 Å². The summed E-state index contributed by atoms with van der Waals surface area (Å²) < 4.78 is 0. The second kappa shape index (κ2) is 2.19. The van der Waals surface area contributed by atoms with Crippen LogP contribution in [0.2, 0.25) is 0 Å². The maximum absolute atomic E-state index is 11.1. The maximum Gasteiger partial charge on any atom is 0.230 e. The summed E-state index contributed by atoms with van der Waals surface area (Å²) in [5.74, 6) is -0.339. The van der Waals surface area contributed by atoms with Crippen LogP contribution in [0.3, 0.4) is 0 Å². The molecule has 3 nitrogen and oxygen atoms in total. The molecule has 1 heterocycles. The Morgan fingerprint density at radius 2 is 1.55 bits per heavy atom. The Balaban J connectivity index is 2.28. The van der Waals surface area contributed by atoms with Gasteiger partial charge in [-0.3, -0.25) is 14.9 Å². The van der Waals surface area contributed by atoms with Crippen LogP contribution >= 0.6 is 0 Å². The van der Waals surface area contributed by atoms with Crippen LogP contribution < -0.4 is 5.32 Å². The summed E-state index contributed by atoms with van der Waals surface area (Å²) in [5, 5.41) is 2.34. The third-order valence-corrected chi connectivity index (χ3v) is 2.35. The third-order valence-electron chi connectivity index (χ3n) is 2.35. The molecule has 0 aromatic heterocycles. The third kappa shape index (κ3) is 0.878. The average Bonchev–Trinajstić information content (AvgIpc) is 2.30. The van der Waals surface area contributed by atoms with Crippen LogP contribution in [-0.2, 0) is 9.59 Å². The number of imide groups is 1. The van der Waals surface area contributed by atoms with Crippen LogP contribution in [0.25, 0.3) is 0 Å². The summed E-state index contributed by atoms with van der Waals surface area (Å²) in [7, 11) is 0. The molecule has 1 N–H and O–H groups in total. The Morgan fingerprint density at radius 3 is 2.00 bits per heavy atom. The highest BCUT2D eigenvalue weighted by molar-refractivity contribution is 6.05. The van der Waals surface area contributed by atoms with Gasteiger partial charge in [-0.25, -0.2) is 0 Å². The first-order valence-electron chi connectivity index (χ1n) is 3.79. The molecule has 1 unspecified atom stereocenters. The Labute approximate surface area is 64.5 Å². The second-order valence-corrected chi connectivity index (χ2v) is 3.01. The first-order valence-corrected chi connectivity index (χ1v) is 3.79. The smallest absolute Gasteiger partial charge is 0.230 e. The molecule has 1 aliphatic heterocycles. The van der Waals surface area contributed by atoms with Gasteiger partial charge in [0.25, 0.3) is 0 Å². The molecule has 2 aliphatic rings. The lowest BCUT2D eigenvalue weighted by molar-refractivity contribution is -0.126. The molecule has 2 amide bonds. The molecule has 1 aliphatic carbocycles. The fourth-order valence-corrected chi connectivity index (χ4v) is 1.70. The zero-order valence-corrected chi connectivity index (χ0v) is 6.04. The van der Waals surface area contributed by atoms with Gasteiger partial charge in [-0.1, -0.05) is 12.2 Å². The molecule has 1 saturated heterocycles. The number of allylic oxidation sites excluding steroid dienone is 2. The quantitative estimate of drug-likeness (QED) is 0.398. The van der Waals surface area contributed by atoms with E-state index in [1.807, 2.05) is 12.2 Å². The fraction of sp³-hybridized carbons (Fsp3) is 0.500. The Bertz CT molecular complexity index is 220. The number of amides is 2. The van der Waals surface area contributed by atoms with E-state index in [0.717, 1.165) is 12.8 Å². The number of nitrogens with one attached hydrogen (secondary N) is 1. The van der Waals surface area contributed by atoms with Gasteiger partial charge in [-0.15, -0.1) is 0 Å². The summed E-state index contributed by atoms with van der Waals surface area (Å²) in [5.41, 5.74) is 0. The van der Waals surface area contributed by atoms with E-state index >= 15 is 0 Å². The zero-order valence-electron chi connectivity index (χ0n) is 6.04. The summed E-state index contributed by atoms with van der Waals surface area (Å²) >= 11 is 0. The fourth-order valence-electron chi connectivity index (χ4n) is 1.70. The van der Waals surface area contributed by atoms with Gasteiger partial charge in [0.2, 0.25) is 11.8 Å². The first-order chi connectivity index (χ1) is 5.29. The molecule has 0 aromatic rings. The van der Waals surface area contributed by atoms with Crippen molar-refractivity contribution in [2.45, 2.75) is 12.8 Å². The SMILES string of the molecule is O=C1NC(=O)[C@H]2CC=CCC12. The van der Waals surface area contributed by atoms with Crippen molar-refractivity contribution in [3.8, 4) is 0 Å². The van der Waals surface area contributed by atoms with E-state index in [1.54, 1.807) is 0 Å². The molecule has 2 rings (SSSR count). The van der Waals surface area contributed by atoms with E-state index in [-0.39, 0.29) is 23.7 Å². The van der Waals surface area contributed by atoms with Gasteiger partial charge in [-0.2, -0.15) is 0 Å². The highest BCUT2D eigenvalue weighted by Gasteiger charge is 2.40. The summed E-state index contributed by atoms with van der Waals surface area (Å²) in [6.45, 7) is 0. The number of rotatable bonds is 0. The van der Waals surface area contributed by atoms with E-state index < -0.39 is 0 Å². The van der Waals surface area contributed by atoms with Crippen LogP contribution in [0.15, 0.2) is 12.2 Å². The number of hydrogen-bond donors (Lipinski definition) is 1. The zero-order chi connectivity index (χ0) is 7.84. The van der Waals surface area contributed by atoms with Crippen LogP contribution in [0, 0.1) is 11.8 Å². The van der Waals surface area contributed by atoms with E-state index in [9.17, 15) is 9.59 Å². The Kier molecular flexibility index (Phi) is 1.31. The lowest BCUT2D eigenvalue weighted by atomic mass is 9.85. The van der Waals surface area contributed by atoms with Gasteiger partial charge in [0.05, 0.1) is 11.8 Å². The molecule has 1 fully saturated rings. The number of hydrogen-bond acceptors (Lipinski definition) is 2. The molecule has 0 spiro atoms. The van der Waals surface area contributed by atoms with Gasteiger partial charge in [0.15, 0.2) is 0 Å². The van der Waals surface area contributed by atoms with Crippen molar-refractivity contribution in [2.24, 2.45) is 11.8 Å². The predicted molar refractivity (Wildman–Crippen MR) is 38.5 cm³/mol. The highest BCUT2D eigenvalue weighted by Crippen LogP contribution is 2.29. The van der Waals surface area contributed by atoms with Gasteiger partial charge in [-0.05, 0) is 12.8 Å². The lowest BCUT2D eigenvalue weighted by Crippen LogP contribution is -2.21. The van der Waals surface area contributed by atoms with Gasteiger partial charge >= 0.3 is 0 Å². The van der Waals surface area contributed by atoms with Crippen LogP contribution in [-0.4, -0.2) is 11.8 Å². The first kappa shape index (κ1) is 6.58. The van der Waals surface area contributed by atoms with Crippen molar-refractivity contribution in [3.63, 3.8) is 0 Å². The maximum atomic E-state index is 11.1. The van der Waals surface area contributed by atoms with E-state index in [2.05, 4.69) is 5.32 Å². The monoisotopic (exact) mass is 151 g/mol. The van der Waals surface area contributed by atoms with Gasteiger partial charge in [0, 0.05) is 0 Å². The molecular weight excluding hydrogens is 142 g/mol. The number of fused-ring (bicyclic) bond motifs is 1. The van der Waals surface area contributed by atoms with Crippen LogP contribution in [0.5, 0.6) is 0 Å². The van der Waals surface area contributed by atoms with Crippen molar-refractivity contribution >= 4 is 11.8 Å². The second-order valence-electron chi connectivity index (χ2n) is 3.01. The molecular formula is C8H9NO2. The molecule has 11 heavy (non-hydrogen) atoms. The van der Waals surface area contributed by atoms with Crippen molar-refractivity contribution in [2.75, 3.05) is 0 Å². The number of carbonyl (C=O) groups is 2. The average molecular weight is 151 g/mol. The minimum absolute atomic E-state index is 0.0764. The normalized spacial score (nSPS) is 35.3. The van der Waals surface area contributed by atoms with Crippen molar-refractivity contribution in [1.82, 2.24) is 5.32 Å². The lowest BCUT2D eigenvalue weighted by Gasteiger charge is -2.14. The van der Waals surface area contributed by atoms with Gasteiger partial charge in [0.1, 0.15) is 0 Å². The van der Waals surface area contributed by atoms with E-state index in [0.29, 0.717) is 0 Å². The molecule has 0 saturated carbocycles.